The van der Waals surface area contributed by atoms with E-state index >= 15 is 0 Å². The second-order valence-corrected chi connectivity index (χ2v) is 6.58. The molecular weight excluding hydrogens is 304 g/mol. The summed E-state index contributed by atoms with van der Waals surface area (Å²) in [6.45, 7) is 2.52. The first kappa shape index (κ1) is 15.7. The highest BCUT2D eigenvalue weighted by atomic mass is 32.1. The minimum atomic E-state index is -0.840. The van der Waals surface area contributed by atoms with Crippen molar-refractivity contribution in [2.45, 2.75) is 18.9 Å². The van der Waals surface area contributed by atoms with Crippen LogP contribution in [0.1, 0.15) is 18.9 Å². The quantitative estimate of drug-likeness (QED) is 0.701. The van der Waals surface area contributed by atoms with Gasteiger partial charge in [-0.2, -0.15) is 0 Å². The molecule has 23 heavy (non-hydrogen) atoms. The molecule has 1 heterocycles. The molecule has 0 aliphatic carbocycles. The summed E-state index contributed by atoms with van der Waals surface area (Å²) < 4.78 is 0. The average molecular weight is 324 g/mol. The second kappa shape index (κ2) is 6.94. The summed E-state index contributed by atoms with van der Waals surface area (Å²) in [5.74, 6) is 0. The first-order chi connectivity index (χ1) is 11.1. The number of hydrogen-bond acceptors (Lipinski definition) is 4. The Morgan fingerprint density at radius 3 is 2.39 bits per heavy atom. The standard InChI is InChI=1S/C19H20N2OS/c1-19(22,16-10-6-3-7-11-16)12-13-20-18-21-17(14-23-18)15-8-4-2-5-9-15/h2-11,14,22H,12-13H2,1H3,(H,20,21). The Kier molecular flexibility index (Phi) is 4.74. The van der Waals surface area contributed by atoms with Crippen LogP contribution >= 0.6 is 11.3 Å². The fourth-order valence-corrected chi connectivity index (χ4v) is 3.20. The van der Waals surface area contributed by atoms with Crippen LogP contribution in [0.5, 0.6) is 0 Å². The van der Waals surface area contributed by atoms with E-state index in [4.69, 9.17) is 0 Å². The Bertz CT molecular complexity index is 738. The molecule has 1 aromatic heterocycles. The van der Waals surface area contributed by atoms with Crippen molar-refractivity contribution >= 4 is 16.5 Å². The van der Waals surface area contributed by atoms with Crippen molar-refractivity contribution in [2.75, 3.05) is 11.9 Å². The molecule has 4 heteroatoms. The van der Waals surface area contributed by atoms with E-state index in [1.54, 1.807) is 11.3 Å². The van der Waals surface area contributed by atoms with Crippen LogP contribution in [-0.2, 0) is 5.60 Å². The molecule has 3 aromatic rings. The van der Waals surface area contributed by atoms with Crippen LogP contribution in [-0.4, -0.2) is 16.6 Å². The van der Waals surface area contributed by atoms with E-state index in [0.29, 0.717) is 13.0 Å². The average Bonchev–Trinajstić information content (AvgIpc) is 3.05. The Morgan fingerprint density at radius 2 is 1.70 bits per heavy atom. The van der Waals surface area contributed by atoms with E-state index in [2.05, 4.69) is 22.4 Å². The van der Waals surface area contributed by atoms with Crippen molar-refractivity contribution in [1.29, 1.82) is 0 Å². The van der Waals surface area contributed by atoms with E-state index in [1.165, 1.54) is 0 Å². The lowest BCUT2D eigenvalue weighted by atomic mass is 9.93. The van der Waals surface area contributed by atoms with Gasteiger partial charge in [0.05, 0.1) is 11.3 Å². The number of anilines is 1. The van der Waals surface area contributed by atoms with E-state index in [1.807, 2.05) is 60.8 Å². The molecule has 0 saturated carbocycles. The molecule has 2 aromatic carbocycles. The predicted molar refractivity (Wildman–Crippen MR) is 96.7 cm³/mol. The maximum atomic E-state index is 10.6. The largest absolute Gasteiger partial charge is 0.385 e. The van der Waals surface area contributed by atoms with Gasteiger partial charge in [-0.1, -0.05) is 60.7 Å². The summed E-state index contributed by atoms with van der Waals surface area (Å²) in [7, 11) is 0. The van der Waals surface area contributed by atoms with E-state index < -0.39 is 5.60 Å². The smallest absolute Gasteiger partial charge is 0.183 e. The van der Waals surface area contributed by atoms with Crippen LogP contribution in [0.25, 0.3) is 11.3 Å². The van der Waals surface area contributed by atoms with E-state index in [9.17, 15) is 5.11 Å². The van der Waals surface area contributed by atoms with Crippen LogP contribution in [0.2, 0.25) is 0 Å². The third-order valence-electron chi connectivity index (χ3n) is 3.86. The van der Waals surface area contributed by atoms with Gasteiger partial charge in [0.15, 0.2) is 5.13 Å². The highest BCUT2D eigenvalue weighted by Gasteiger charge is 2.22. The zero-order valence-electron chi connectivity index (χ0n) is 13.1. The highest BCUT2D eigenvalue weighted by Crippen LogP contribution is 2.26. The van der Waals surface area contributed by atoms with Gasteiger partial charge in [0, 0.05) is 17.5 Å². The number of hydrogen-bond donors (Lipinski definition) is 2. The molecular formula is C19H20N2OS. The maximum absolute atomic E-state index is 10.6. The molecule has 0 radical (unpaired) electrons. The number of nitrogens with one attached hydrogen (secondary N) is 1. The topological polar surface area (TPSA) is 45.1 Å². The molecule has 0 amide bonds. The molecule has 0 aliphatic rings. The van der Waals surface area contributed by atoms with E-state index in [0.717, 1.165) is 22.0 Å². The van der Waals surface area contributed by atoms with Gasteiger partial charge >= 0.3 is 0 Å². The molecule has 2 N–H and O–H groups in total. The van der Waals surface area contributed by atoms with Crippen molar-refractivity contribution in [3.05, 3.63) is 71.6 Å². The van der Waals surface area contributed by atoms with Crippen LogP contribution in [0.15, 0.2) is 66.0 Å². The minimum absolute atomic E-state index is 0.622. The van der Waals surface area contributed by atoms with Gasteiger partial charge in [0.1, 0.15) is 0 Å². The van der Waals surface area contributed by atoms with Gasteiger partial charge in [0.2, 0.25) is 0 Å². The van der Waals surface area contributed by atoms with Crippen molar-refractivity contribution in [2.24, 2.45) is 0 Å². The summed E-state index contributed by atoms with van der Waals surface area (Å²) in [5, 5.41) is 16.8. The Balaban J connectivity index is 1.58. The van der Waals surface area contributed by atoms with Crippen LogP contribution in [0, 0.1) is 0 Å². The first-order valence-corrected chi connectivity index (χ1v) is 8.56. The number of aromatic nitrogens is 1. The van der Waals surface area contributed by atoms with Crippen LogP contribution in [0.3, 0.4) is 0 Å². The number of benzene rings is 2. The second-order valence-electron chi connectivity index (χ2n) is 5.72. The number of aliphatic hydroxyl groups is 1. The fraction of sp³-hybridized carbons (Fsp3) is 0.211. The molecule has 118 valence electrons. The van der Waals surface area contributed by atoms with Gasteiger partial charge in [-0.05, 0) is 18.9 Å². The molecule has 0 spiro atoms. The van der Waals surface area contributed by atoms with Crippen LogP contribution < -0.4 is 5.32 Å². The van der Waals surface area contributed by atoms with Crippen molar-refractivity contribution in [3.8, 4) is 11.3 Å². The zero-order chi connectivity index (χ0) is 16.1. The lowest BCUT2D eigenvalue weighted by Crippen LogP contribution is -2.24. The Hall–Kier alpha value is -2.17. The van der Waals surface area contributed by atoms with Crippen molar-refractivity contribution in [3.63, 3.8) is 0 Å². The summed E-state index contributed by atoms with van der Waals surface area (Å²) in [4.78, 5) is 4.60. The monoisotopic (exact) mass is 324 g/mol. The SMILES string of the molecule is CC(O)(CCNc1nc(-c2ccccc2)cs1)c1ccccc1. The van der Waals surface area contributed by atoms with Gasteiger partial charge < -0.3 is 10.4 Å². The summed E-state index contributed by atoms with van der Waals surface area (Å²) in [5.41, 5.74) is 2.19. The number of nitrogens with zero attached hydrogens (tertiary/aromatic N) is 1. The molecule has 3 nitrogen and oxygen atoms in total. The van der Waals surface area contributed by atoms with Crippen molar-refractivity contribution in [1.82, 2.24) is 4.98 Å². The molecule has 0 bridgehead atoms. The molecule has 0 saturated heterocycles. The van der Waals surface area contributed by atoms with Gasteiger partial charge in [-0.3, -0.25) is 0 Å². The van der Waals surface area contributed by atoms with Crippen LogP contribution in [0.4, 0.5) is 5.13 Å². The molecule has 1 atom stereocenters. The first-order valence-electron chi connectivity index (χ1n) is 7.68. The lowest BCUT2D eigenvalue weighted by Gasteiger charge is -2.23. The number of thiazole rings is 1. The summed E-state index contributed by atoms with van der Waals surface area (Å²) >= 11 is 1.59. The van der Waals surface area contributed by atoms with Gasteiger partial charge in [0.25, 0.3) is 0 Å². The fourth-order valence-electron chi connectivity index (χ4n) is 2.45. The predicted octanol–water partition coefficient (Wildman–Crippen LogP) is 4.52. The third-order valence-corrected chi connectivity index (χ3v) is 4.66. The minimum Gasteiger partial charge on any atom is -0.385 e. The summed E-state index contributed by atoms with van der Waals surface area (Å²) in [6.07, 6.45) is 0.622. The third kappa shape index (κ3) is 3.97. The van der Waals surface area contributed by atoms with Crippen molar-refractivity contribution < 1.29 is 5.11 Å². The Labute approximate surface area is 140 Å². The molecule has 0 fully saturated rings. The Morgan fingerprint density at radius 1 is 1.04 bits per heavy atom. The number of rotatable bonds is 6. The molecule has 0 aliphatic heterocycles. The lowest BCUT2D eigenvalue weighted by molar-refractivity contribution is 0.0515. The van der Waals surface area contributed by atoms with Gasteiger partial charge in [-0.15, -0.1) is 11.3 Å². The highest BCUT2D eigenvalue weighted by molar-refractivity contribution is 7.14. The molecule has 3 rings (SSSR count). The molecule has 1 unspecified atom stereocenters. The normalized spacial score (nSPS) is 13.5. The summed E-state index contributed by atoms with van der Waals surface area (Å²) in [6, 6.07) is 19.9. The van der Waals surface area contributed by atoms with Gasteiger partial charge in [-0.25, -0.2) is 4.98 Å². The van der Waals surface area contributed by atoms with E-state index in [-0.39, 0.29) is 0 Å². The maximum Gasteiger partial charge on any atom is 0.183 e. The zero-order valence-corrected chi connectivity index (χ0v) is 13.9.